The van der Waals surface area contributed by atoms with Crippen LogP contribution in [0.15, 0.2) is 72.1 Å². The van der Waals surface area contributed by atoms with E-state index < -0.39 is 0 Å². The second kappa shape index (κ2) is 7.17. The summed E-state index contributed by atoms with van der Waals surface area (Å²) in [5.74, 6) is -0.205. The average molecular weight is 304 g/mol. The van der Waals surface area contributed by atoms with Crippen LogP contribution in [-0.4, -0.2) is 23.7 Å². The predicted molar refractivity (Wildman–Crippen MR) is 92.4 cm³/mol. The van der Waals surface area contributed by atoms with Gasteiger partial charge in [-0.1, -0.05) is 36.4 Å². The van der Waals surface area contributed by atoms with E-state index in [4.69, 9.17) is 0 Å². The van der Waals surface area contributed by atoms with Crippen molar-refractivity contribution in [1.82, 2.24) is 10.4 Å². The van der Waals surface area contributed by atoms with Gasteiger partial charge < -0.3 is 5.32 Å². The van der Waals surface area contributed by atoms with Gasteiger partial charge >= 0.3 is 0 Å². The molecular weight excluding hydrogens is 288 g/mol. The Kier molecular flexibility index (Phi) is 4.59. The van der Waals surface area contributed by atoms with Crippen LogP contribution in [0.2, 0.25) is 0 Å². The Labute approximate surface area is 134 Å². The standard InChI is InChI=1S/C18H16N4O/c23-18(22-21-12-14-8-10-19-11-9-14)13-20-17-7-3-5-15-4-1-2-6-16(15)17/h1-12,20H,13H2,(H,22,23)/b21-12+. The lowest BCUT2D eigenvalue weighted by Crippen LogP contribution is -2.25. The highest BCUT2D eigenvalue weighted by molar-refractivity contribution is 5.95. The SMILES string of the molecule is O=C(CNc1cccc2ccccc12)N/N=C/c1ccncc1. The van der Waals surface area contributed by atoms with Gasteiger partial charge in [0.05, 0.1) is 12.8 Å². The van der Waals surface area contributed by atoms with E-state index in [1.807, 2.05) is 54.6 Å². The van der Waals surface area contributed by atoms with E-state index in [1.165, 1.54) is 0 Å². The minimum Gasteiger partial charge on any atom is -0.376 e. The quantitative estimate of drug-likeness (QED) is 0.562. The lowest BCUT2D eigenvalue weighted by atomic mass is 10.1. The summed E-state index contributed by atoms with van der Waals surface area (Å²) in [4.78, 5) is 15.8. The normalized spacial score (nSPS) is 10.8. The highest BCUT2D eigenvalue weighted by Crippen LogP contribution is 2.22. The molecule has 1 heterocycles. The Morgan fingerprint density at radius 2 is 1.83 bits per heavy atom. The van der Waals surface area contributed by atoms with Crippen LogP contribution >= 0.6 is 0 Å². The first-order chi connectivity index (χ1) is 11.3. The summed E-state index contributed by atoms with van der Waals surface area (Å²) in [5, 5.41) is 9.28. The number of nitrogens with one attached hydrogen (secondary N) is 2. The molecule has 0 aliphatic carbocycles. The zero-order valence-electron chi connectivity index (χ0n) is 12.4. The van der Waals surface area contributed by atoms with Gasteiger partial charge in [0.15, 0.2) is 0 Å². The Morgan fingerprint density at radius 1 is 1.04 bits per heavy atom. The third-order valence-corrected chi connectivity index (χ3v) is 3.34. The molecule has 0 saturated carbocycles. The number of carbonyl (C=O) groups excluding carboxylic acids is 1. The fourth-order valence-corrected chi connectivity index (χ4v) is 2.22. The molecule has 0 saturated heterocycles. The molecule has 0 spiro atoms. The molecule has 0 aliphatic heterocycles. The topological polar surface area (TPSA) is 66.4 Å². The van der Waals surface area contributed by atoms with Crippen LogP contribution < -0.4 is 10.7 Å². The number of anilines is 1. The number of pyridine rings is 1. The van der Waals surface area contributed by atoms with Crippen molar-refractivity contribution in [3.05, 3.63) is 72.6 Å². The third-order valence-electron chi connectivity index (χ3n) is 3.34. The molecule has 1 aromatic heterocycles. The molecule has 5 heteroatoms. The fraction of sp³-hybridized carbons (Fsp3) is 0.0556. The summed E-state index contributed by atoms with van der Waals surface area (Å²) >= 11 is 0. The first kappa shape index (κ1) is 14.7. The number of carbonyl (C=O) groups is 1. The maximum Gasteiger partial charge on any atom is 0.259 e. The van der Waals surface area contributed by atoms with Crippen LogP contribution in [0.5, 0.6) is 0 Å². The largest absolute Gasteiger partial charge is 0.376 e. The Bertz CT molecular complexity index is 825. The zero-order valence-corrected chi connectivity index (χ0v) is 12.4. The number of fused-ring (bicyclic) bond motifs is 1. The van der Waals surface area contributed by atoms with Crippen molar-refractivity contribution in [2.75, 3.05) is 11.9 Å². The smallest absolute Gasteiger partial charge is 0.259 e. The van der Waals surface area contributed by atoms with Gasteiger partial charge in [-0.25, -0.2) is 5.43 Å². The van der Waals surface area contributed by atoms with Crippen molar-refractivity contribution < 1.29 is 4.79 Å². The van der Waals surface area contributed by atoms with E-state index in [-0.39, 0.29) is 12.5 Å². The molecule has 0 aliphatic rings. The number of benzene rings is 2. The summed E-state index contributed by atoms with van der Waals surface area (Å²) in [6, 6.07) is 17.6. The van der Waals surface area contributed by atoms with E-state index in [2.05, 4.69) is 20.8 Å². The van der Waals surface area contributed by atoms with E-state index in [0.29, 0.717) is 0 Å². The molecule has 114 valence electrons. The van der Waals surface area contributed by atoms with Crippen molar-refractivity contribution in [2.45, 2.75) is 0 Å². The van der Waals surface area contributed by atoms with Gasteiger partial charge in [-0.05, 0) is 29.1 Å². The molecular formula is C18H16N4O. The molecule has 23 heavy (non-hydrogen) atoms. The van der Waals surface area contributed by atoms with Crippen LogP contribution in [-0.2, 0) is 4.79 Å². The molecule has 2 aromatic carbocycles. The molecule has 5 nitrogen and oxygen atoms in total. The number of nitrogens with zero attached hydrogens (tertiary/aromatic N) is 2. The molecule has 0 atom stereocenters. The lowest BCUT2D eigenvalue weighted by Gasteiger charge is -2.08. The molecule has 0 bridgehead atoms. The Balaban J connectivity index is 1.57. The number of rotatable bonds is 5. The predicted octanol–water partition coefficient (Wildman–Crippen LogP) is 2.80. The first-order valence-electron chi connectivity index (χ1n) is 7.26. The fourth-order valence-electron chi connectivity index (χ4n) is 2.22. The van der Waals surface area contributed by atoms with Crippen LogP contribution in [0.3, 0.4) is 0 Å². The van der Waals surface area contributed by atoms with Gasteiger partial charge in [0.25, 0.3) is 5.91 Å². The summed E-state index contributed by atoms with van der Waals surface area (Å²) < 4.78 is 0. The lowest BCUT2D eigenvalue weighted by molar-refractivity contribution is -0.119. The zero-order chi connectivity index (χ0) is 15.9. The van der Waals surface area contributed by atoms with Crippen LogP contribution in [0.4, 0.5) is 5.69 Å². The highest BCUT2D eigenvalue weighted by atomic mass is 16.2. The molecule has 1 amide bonds. The van der Waals surface area contributed by atoms with Crippen LogP contribution in [0, 0.1) is 0 Å². The first-order valence-corrected chi connectivity index (χ1v) is 7.26. The van der Waals surface area contributed by atoms with Gasteiger partial charge in [-0.3, -0.25) is 9.78 Å². The Hall–Kier alpha value is -3.21. The van der Waals surface area contributed by atoms with E-state index in [1.54, 1.807) is 18.6 Å². The van der Waals surface area contributed by atoms with Gasteiger partial charge in [0.1, 0.15) is 0 Å². The molecule has 0 fully saturated rings. The average Bonchev–Trinajstić information content (AvgIpc) is 2.61. The number of hydrogen-bond acceptors (Lipinski definition) is 4. The summed E-state index contributed by atoms with van der Waals surface area (Å²) in [7, 11) is 0. The summed E-state index contributed by atoms with van der Waals surface area (Å²) in [6.45, 7) is 0.154. The van der Waals surface area contributed by atoms with Crippen molar-refractivity contribution in [3.63, 3.8) is 0 Å². The maximum absolute atomic E-state index is 11.8. The minimum absolute atomic E-state index is 0.154. The summed E-state index contributed by atoms with van der Waals surface area (Å²) in [6.07, 6.45) is 4.92. The monoisotopic (exact) mass is 304 g/mol. The number of amides is 1. The minimum atomic E-state index is -0.205. The van der Waals surface area contributed by atoms with E-state index in [9.17, 15) is 4.79 Å². The van der Waals surface area contributed by atoms with Crippen LogP contribution in [0.1, 0.15) is 5.56 Å². The maximum atomic E-state index is 11.8. The van der Waals surface area contributed by atoms with Crippen LogP contribution in [0.25, 0.3) is 10.8 Å². The number of hydrazone groups is 1. The van der Waals surface area contributed by atoms with Crippen molar-refractivity contribution in [2.24, 2.45) is 5.10 Å². The molecule has 2 N–H and O–H groups in total. The van der Waals surface area contributed by atoms with Gasteiger partial charge in [-0.15, -0.1) is 0 Å². The van der Waals surface area contributed by atoms with Gasteiger partial charge in [0, 0.05) is 23.5 Å². The van der Waals surface area contributed by atoms with Crippen molar-refractivity contribution >= 4 is 28.6 Å². The molecule has 3 rings (SSSR count). The Morgan fingerprint density at radius 3 is 2.70 bits per heavy atom. The van der Waals surface area contributed by atoms with E-state index in [0.717, 1.165) is 22.0 Å². The van der Waals surface area contributed by atoms with Crippen molar-refractivity contribution in [1.29, 1.82) is 0 Å². The van der Waals surface area contributed by atoms with E-state index >= 15 is 0 Å². The van der Waals surface area contributed by atoms with Gasteiger partial charge in [0.2, 0.25) is 0 Å². The van der Waals surface area contributed by atoms with Crippen molar-refractivity contribution in [3.8, 4) is 0 Å². The number of hydrogen-bond donors (Lipinski definition) is 2. The number of aromatic nitrogens is 1. The second-order valence-corrected chi connectivity index (χ2v) is 4.95. The van der Waals surface area contributed by atoms with Gasteiger partial charge in [-0.2, -0.15) is 5.10 Å². The second-order valence-electron chi connectivity index (χ2n) is 4.95. The molecule has 0 unspecified atom stereocenters. The molecule has 3 aromatic rings. The highest BCUT2D eigenvalue weighted by Gasteiger charge is 2.02. The molecule has 0 radical (unpaired) electrons. The third kappa shape index (κ3) is 3.91. The summed E-state index contributed by atoms with van der Waals surface area (Å²) in [5.41, 5.74) is 4.30.